The van der Waals surface area contributed by atoms with Crippen LogP contribution in [0.4, 0.5) is 33.1 Å². The van der Waals surface area contributed by atoms with Crippen molar-refractivity contribution < 1.29 is 14.2 Å². The lowest BCUT2D eigenvalue weighted by Gasteiger charge is -2.07. The second-order valence-corrected chi connectivity index (χ2v) is 3.76. The molecule has 10 nitrogen and oxygen atoms in total. The molecule has 0 saturated carbocycles. The van der Waals surface area contributed by atoms with Crippen molar-refractivity contribution in [2.75, 3.05) is 11.1 Å². The van der Waals surface area contributed by atoms with Gasteiger partial charge in [0.25, 0.3) is 5.69 Å². The van der Waals surface area contributed by atoms with Gasteiger partial charge in [-0.25, -0.2) is 14.4 Å². The summed E-state index contributed by atoms with van der Waals surface area (Å²) in [4.78, 5) is 27.0. The van der Waals surface area contributed by atoms with Crippen LogP contribution in [0.3, 0.4) is 0 Å². The van der Waals surface area contributed by atoms with Gasteiger partial charge >= 0.3 is 5.69 Å². The summed E-state index contributed by atoms with van der Waals surface area (Å²) in [6.07, 6.45) is 0.944. The predicted octanol–water partition coefficient (Wildman–Crippen LogP) is 1.76. The molecule has 0 fully saturated rings. The minimum atomic E-state index is -0.841. The Morgan fingerprint density at radius 1 is 1.19 bits per heavy atom. The van der Waals surface area contributed by atoms with Gasteiger partial charge in [-0.05, 0) is 6.07 Å². The van der Waals surface area contributed by atoms with Crippen LogP contribution in [-0.4, -0.2) is 19.8 Å². The van der Waals surface area contributed by atoms with E-state index in [2.05, 4.69) is 15.3 Å². The first kappa shape index (κ1) is 14.0. The maximum absolute atomic E-state index is 13.6. The number of rotatable bonds is 4. The molecule has 0 aliphatic carbocycles. The number of benzene rings is 1. The largest absolute Gasteiger partial charge is 0.378 e. The number of nitrogen functional groups attached to an aromatic ring is 1. The highest BCUT2D eigenvalue weighted by molar-refractivity contribution is 5.73. The number of hydrogen-bond donors (Lipinski definition) is 2. The van der Waals surface area contributed by atoms with E-state index in [-0.39, 0.29) is 17.2 Å². The lowest BCUT2D eigenvalue weighted by molar-refractivity contribution is -0.384. The zero-order valence-electron chi connectivity index (χ0n) is 10.2. The summed E-state index contributed by atoms with van der Waals surface area (Å²) in [6, 6.07) is 2.71. The van der Waals surface area contributed by atoms with Crippen LogP contribution in [0.5, 0.6) is 0 Å². The average molecular weight is 294 g/mol. The van der Waals surface area contributed by atoms with Gasteiger partial charge in [0.05, 0.1) is 15.5 Å². The maximum atomic E-state index is 13.6. The summed E-state index contributed by atoms with van der Waals surface area (Å²) in [5, 5.41) is 23.9. The van der Waals surface area contributed by atoms with Gasteiger partial charge < -0.3 is 11.1 Å². The number of non-ortho nitro benzene ring substituents is 1. The number of nitrogens with zero attached hydrogens (tertiary/aromatic N) is 4. The fourth-order valence-corrected chi connectivity index (χ4v) is 1.51. The molecule has 2 aromatic rings. The first-order valence-corrected chi connectivity index (χ1v) is 5.36. The minimum Gasteiger partial charge on any atom is -0.378 e. The zero-order valence-corrected chi connectivity index (χ0v) is 10.2. The molecule has 0 aliphatic heterocycles. The molecule has 108 valence electrons. The van der Waals surface area contributed by atoms with Crippen molar-refractivity contribution in [2.24, 2.45) is 0 Å². The summed E-state index contributed by atoms with van der Waals surface area (Å²) in [6.45, 7) is 0. The molecule has 0 amide bonds. The van der Waals surface area contributed by atoms with Crippen LogP contribution in [0.25, 0.3) is 0 Å². The highest BCUT2D eigenvalue weighted by Gasteiger charge is 2.22. The van der Waals surface area contributed by atoms with Crippen LogP contribution in [0.2, 0.25) is 0 Å². The van der Waals surface area contributed by atoms with Gasteiger partial charge in [-0.2, -0.15) is 0 Å². The highest BCUT2D eigenvalue weighted by atomic mass is 19.1. The fraction of sp³-hybridized carbons (Fsp3) is 0. The zero-order chi connectivity index (χ0) is 15.6. The number of anilines is 3. The van der Waals surface area contributed by atoms with Gasteiger partial charge in [0.1, 0.15) is 12.1 Å². The summed E-state index contributed by atoms with van der Waals surface area (Å²) < 4.78 is 13.6. The molecular weight excluding hydrogens is 287 g/mol. The molecule has 0 bridgehead atoms. The topological polar surface area (TPSA) is 150 Å². The predicted molar refractivity (Wildman–Crippen MR) is 69.4 cm³/mol. The molecular formula is C10H7FN6O4. The Labute approximate surface area is 115 Å². The van der Waals surface area contributed by atoms with Crippen molar-refractivity contribution in [2.45, 2.75) is 0 Å². The first-order chi connectivity index (χ1) is 9.90. The van der Waals surface area contributed by atoms with Gasteiger partial charge in [-0.15, -0.1) is 0 Å². The van der Waals surface area contributed by atoms with Crippen LogP contribution >= 0.6 is 0 Å². The smallest absolute Gasteiger partial charge is 0.353 e. The van der Waals surface area contributed by atoms with E-state index < -0.39 is 27.2 Å². The third-order valence-electron chi connectivity index (χ3n) is 2.45. The quantitative estimate of drug-likeness (QED) is 0.639. The molecule has 0 radical (unpaired) electrons. The van der Waals surface area contributed by atoms with E-state index in [1.54, 1.807) is 0 Å². The average Bonchev–Trinajstić information content (AvgIpc) is 2.40. The van der Waals surface area contributed by atoms with Gasteiger partial charge in [0.2, 0.25) is 11.6 Å². The third kappa shape index (κ3) is 2.80. The normalized spacial score (nSPS) is 10.1. The van der Waals surface area contributed by atoms with E-state index in [9.17, 15) is 24.6 Å². The van der Waals surface area contributed by atoms with E-state index in [0.29, 0.717) is 0 Å². The van der Waals surface area contributed by atoms with Crippen molar-refractivity contribution in [1.29, 1.82) is 0 Å². The van der Waals surface area contributed by atoms with E-state index >= 15 is 0 Å². The molecule has 1 aromatic heterocycles. The minimum absolute atomic E-state index is 0.342. The van der Waals surface area contributed by atoms with Gasteiger partial charge in [0, 0.05) is 12.1 Å². The second kappa shape index (κ2) is 5.32. The van der Waals surface area contributed by atoms with Crippen LogP contribution < -0.4 is 11.1 Å². The van der Waals surface area contributed by atoms with Crippen LogP contribution in [0.1, 0.15) is 0 Å². The van der Waals surface area contributed by atoms with Gasteiger partial charge in [-0.1, -0.05) is 0 Å². The first-order valence-electron chi connectivity index (χ1n) is 5.36. The molecule has 0 atom stereocenters. The monoisotopic (exact) mass is 294 g/mol. The Kier molecular flexibility index (Phi) is 3.56. The molecule has 0 aliphatic rings. The SMILES string of the molecule is Nc1ncnc(Nc2cc([N+](=O)[O-])ccc2F)c1[N+](=O)[O-]. The van der Waals surface area contributed by atoms with Gasteiger partial charge in [-0.3, -0.25) is 20.2 Å². The fourth-order valence-electron chi connectivity index (χ4n) is 1.51. The van der Waals surface area contributed by atoms with E-state index in [4.69, 9.17) is 5.73 Å². The highest BCUT2D eigenvalue weighted by Crippen LogP contribution is 2.31. The van der Waals surface area contributed by atoms with Crippen molar-refractivity contribution in [3.8, 4) is 0 Å². The summed E-state index contributed by atoms with van der Waals surface area (Å²) in [5.41, 5.74) is 3.98. The van der Waals surface area contributed by atoms with E-state index in [1.807, 2.05) is 0 Å². The van der Waals surface area contributed by atoms with E-state index in [0.717, 1.165) is 24.5 Å². The molecule has 1 heterocycles. The Hall–Kier alpha value is -3.37. The van der Waals surface area contributed by atoms with Crippen molar-refractivity contribution in [3.63, 3.8) is 0 Å². The number of nitrogens with two attached hydrogens (primary N) is 1. The van der Waals surface area contributed by atoms with Crippen molar-refractivity contribution in [3.05, 3.63) is 50.6 Å². The molecule has 0 unspecified atom stereocenters. The maximum Gasteiger partial charge on any atom is 0.353 e. The summed E-state index contributed by atoms with van der Waals surface area (Å²) >= 11 is 0. The number of aromatic nitrogens is 2. The number of nitro benzene ring substituents is 1. The molecule has 3 N–H and O–H groups in total. The number of nitro groups is 2. The van der Waals surface area contributed by atoms with Crippen LogP contribution in [0, 0.1) is 26.0 Å². The molecule has 11 heteroatoms. The second-order valence-electron chi connectivity index (χ2n) is 3.76. The van der Waals surface area contributed by atoms with Gasteiger partial charge in [0.15, 0.2) is 0 Å². The molecule has 21 heavy (non-hydrogen) atoms. The Morgan fingerprint density at radius 2 is 1.90 bits per heavy atom. The lowest BCUT2D eigenvalue weighted by atomic mass is 10.2. The number of nitrogens with one attached hydrogen (secondary N) is 1. The molecule has 0 saturated heterocycles. The summed E-state index contributed by atoms with van der Waals surface area (Å²) in [7, 11) is 0. The lowest BCUT2D eigenvalue weighted by Crippen LogP contribution is -2.06. The van der Waals surface area contributed by atoms with Crippen molar-refractivity contribution in [1.82, 2.24) is 9.97 Å². The molecule has 0 spiro atoms. The Bertz CT molecular complexity index is 737. The molecule has 1 aromatic carbocycles. The van der Waals surface area contributed by atoms with Crippen LogP contribution in [-0.2, 0) is 0 Å². The standard InChI is InChI=1S/C10H7FN6O4/c11-6-2-1-5(16(18)19)3-7(6)15-10-8(17(20)21)9(12)13-4-14-10/h1-4H,(H3,12,13,14,15). The summed E-state index contributed by atoms with van der Waals surface area (Å²) in [5.74, 6) is -1.62. The third-order valence-corrected chi connectivity index (χ3v) is 2.45. The number of hydrogen-bond acceptors (Lipinski definition) is 8. The van der Waals surface area contributed by atoms with E-state index in [1.165, 1.54) is 0 Å². The molecule has 2 rings (SSSR count). The van der Waals surface area contributed by atoms with Crippen LogP contribution in [0.15, 0.2) is 24.5 Å². The van der Waals surface area contributed by atoms with Crippen molar-refractivity contribution >= 4 is 28.7 Å². The number of halogens is 1. The Balaban J connectivity index is 2.48. The Morgan fingerprint density at radius 3 is 2.52 bits per heavy atom.